The number of carbonyl (C=O) groups excluding carboxylic acids is 2. The molecule has 0 spiro atoms. The lowest BCUT2D eigenvalue weighted by molar-refractivity contribution is -0.143. The third-order valence-electron chi connectivity index (χ3n) is 3.47. The second kappa shape index (κ2) is 8.87. The minimum atomic E-state index is -0.453. The average Bonchev–Trinajstić information content (AvgIpc) is 2.58. The number of hydrogen-bond donors (Lipinski definition) is 1. The van der Waals surface area contributed by atoms with Crippen LogP contribution in [0.25, 0.3) is 0 Å². The van der Waals surface area contributed by atoms with Gasteiger partial charge in [-0.1, -0.05) is 56.3 Å². The molecule has 126 valence electrons. The summed E-state index contributed by atoms with van der Waals surface area (Å²) in [6, 6.07) is 16.9. The number of benzene rings is 2. The monoisotopic (exact) mass is 325 g/mol. The summed E-state index contributed by atoms with van der Waals surface area (Å²) in [5, 5.41) is 2.60. The Morgan fingerprint density at radius 1 is 1.00 bits per heavy atom. The van der Waals surface area contributed by atoms with E-state index in [1.165, 1.54) is 0 Å². The number of carbonyl (C=O) groups is 2. The van der Waals surface area contributed by atoms with Crippen LogP contribution in [0.3, 0.4) is 0 Å². The smallest absolute Gasteiger partial charge is 0.325 e. The van der Waals surface area contributed by atoms with Gasteiger partial charge < -0.3 is 10.1 Å². The summed E-state index contributed by atoms with van der Waals surface area (Å²) in [7, 11) is 0. The van der Waals surface area contributed by atoms with E-state index in [0.717, 1.165) is 17.5 Å². The number of esters is 1. The summed E-state index contributed by atoms with van der Waals surface area (Å²) in [6.07, 6.45) is 0.917. The maximum absolute atomic E-state index is 12.1. The number of hydrogen-bond acceptors (Lipinski definition) is 3. The van der Waals surface area contributed by atoms with Crippen molar-refractivity contribution >= 4 is 11.9 Å². The quantitative estimate of drug-likeness (QED) is 0.794. The molecule has 0 atom stereocenters. The predicted molar refractivity (Wildman–Crippen MR) is 93.6 cm³/mol. The molecule has 2 aromatic rings. The van der Waals surface area contributed by atoms with Crippen molar-refractivity contribution < 1.29 is 14.3 Å². The zero-order valence-corrected chi connectivity index (χ0v) is 14.1. The molecule has 0 radical (unpaired) electrons. The molecule has 0 saturated carbocycles. The molecule has 0 aromatic heterocycles. The van der Waals surface area contributed by atoms with Gasteiger partial charge in [0.25, 0.3) is 5.91 Å². The SMILES string of the molecule is CC(C)Cc1cccc(C(=O)NCC(=O)OCc2ccccc2)c1. The number of amides is 1. The zero-order chi connectivity index (χ0) is 17.4. The molecule has 0 aliphatic carbocycles. The fraction of sp³-hybridized carbons (Fsp3) is 0.300. The van der Waals surface area contributed by atoms with Crippen LogP contribution in [0.2, 0.25) is 0 Å². The van der Waals surface area contributed by atoms with Crippen LogP contribution in [-0.4, -0.2) is 18.4 Å². The molecule has 0 aliphatic heterocycles. The number of nitrogens with one attached hydrogen (secondary N) is 1. The molecular weight excluding hydrogens is 302 g/mol. The highest BCUT2D eigenvalue weighted by atomic mass is 16.5. The van der Waals surface area contributed by atoms with Gasteiger partial charge in [0, 0.05) is 5.56 Å². The Balaban J connectivity index is 1.81. The molecule has 0 bridgehead atoms. The fourth-order valence-corrected chi connectivity index (χ4v) is 2.35. The maximum atomic E-state index is 12.1. The topological polar surface area (TPSA) is 55.4 Å². The van der Waals surface area contributed by atoms with Crippen LogP contribution in [0, 0.1) is 5.92 Å². The van der Waals surface area contributed by atoms with Crippen molar-refractivity contribution in [3.63, 3.8) is 0 Å². The van der Waals surface area contributed by atoms with Crippen molar-refractivity contribution in [3.8, 4) is 0 Å². The van der Waals surface area contributed by atoms with Gasteiger partial charge in [-0.05, 0) is 35.6 Å². The first-order valence-electron chi connectivity index (χ1n) is 8.11. The lowest BCUT2D eigenvalue weighted by Crippen LogP contribution is -2.30. The Morgan fingerprint density at radius 3 is 2.42 bits per heavy atom. The van der Waals surface area contributed by atoms with Crippen LogP contribution in [-0.2, 0) is 22.6 Å². The highest BCUT2D eigenvalue weighted by molar-refractivity contribution is 5.96. The summed E-state index contributed by atoms with van der Waals surface area (Å²) in [6.45, 7) is 4.34. The van der Waals surface area contributed by atoms with E-state index in [2.05, 4.69) is 19.2 Å². The van der Waals surface area contributed by atoms with E-state index in [1.807, 2.05) is 48.5 Å². The van der Waals surface area contributed by atoms with E-state index in [4.69, 9.17) is 4.74 Å². The van der Waals surface area contributed by atoms with E-state index in [-0.39, 0.29) is 19.1 Å². The minimum Gasteiger partial charge on any atom is -0.460 e. The zero-order valence-electron chi connectivity index (χ0n) is 14.1. The van der Waals surface area contributed by atoms with Crippen LogP contribution >= 0.6 is 0 Å². The minimum absolute atomic E-state index is 0.139. The van der Waals surface area contributed by atoms with Crippen molar-refractivity contribution in [1.29, 1.82) is 0 Å². The second-order valence-electron chi connectivity index (χ2n) is 6.13. The second-order valence-corrected chi connectivity index (χ2v) is 6.13. The molecule has 0 unspecified atom stereocenters. The third-order valence-corrected chi connectivity index (χ3v) is 3.47. The maximum Gasteiger partial charge on any atom is 0.325 e. The molecule has 0 saturated heterocycles. The summed E-state index contributed by atoms with van der Waals surface area (Å²) in [5.41, 5.74) is 2.59. The summed E-state index contributed by atoms with van der Waals surface area (Å²) < 4.78 is 5.14. The summed E-state index contributed by atoms with van der Waals surface area (Å²) in [5.74, 6) is -0.195. The first-order chi connectivity index (χ1) is 11.5. The highest BCUT2D eigenvalue weighted by Gasteiger charge is 2.10. The molecule has 1 amide bonds. The van der Waals surface area contributed by atoms with Crippen molar-refractivity contribution in [2.75, 3.05) is 6.54 Å². The fourth-order valence-electron chi connectivity index (χ4n) is 2.35. The van der Waals surface area contributed by atoms with E-state index >= 15 is 0 Å². The molecule has 4 heteroatoms. The molecule has 24 heavy (non-hydrogen) atoms. The van der Waals surface area contributed by atoms with E-state index in [9.17, 15) is 9.59 Å². The van der Waals surface area contributed by atoms with Crippen LogP contribution < -0.4 is 5.32 Å². The summed E-state index contributed by atoms with van der Waals surface area (Å²) in [4.78, 5) is 23.9. The van der Waals surface area contributed by atoms with Crippen LogP contribution in [0.15, 0.2) is 54.6 Å². The van der Waals surface area contributed by atoms with Crippen molar-refractivity contribution in [2.24, 2.45) is 5.92 Å². The van der Waals surface area contributed by atoms with E-state index in [0.29, 0.717) is 11.5 Å². The first-order valence-corrected chi connectivity index (χ1v) is 8.11. The standard InChI is InChI=1S/C20H23NO3/c1-15(2)11-17-9-6-10-18(12-17)20(23)21-13-19(22)24-14-16-7-4-3-5-8-16/h3-10,12,15H,11,13-14H2,1-2H3,(H,21,23). The highest BCUT2D eigenvalue weighted by Crippen LogP contribution is 2.10. The lowest BCUT2D eigenvalue weighted by Gasteiger charge is -2.09. The molecule has 0 heterocycles. The molecule has 1 N–H and O–H groups in total. The molecule has 2 rings (SSSR count). The molecule has 4 nitrogen and oxygen atoms in total. The Morgan fingerprint density at radius 2 is 1.71 bits per heavy atom. The van der Waals surface area contributed by atoms with Gasteiger partial charge in [0.2, 0.25) is 0 Å². The number of rotatable bonds is 7. The van der Waals surface area contributed by atoms with Gasteiger partial charge >= 0.3 is 5.97 Å². The predicted octanol–water partition coefficient (Wildman–Crippen LogP) is 3.36. The molecule has 2 aromatic carbocycles. The molecular formula is C20H23NO3. The normalized spacial score (nSPS) is 10.5. The van der Waals surface area contributed by atoms with E-state index in [1.54, 1.807) is 6.07 Å². The van der Waals surface area contributed by atoms with Gasteiger partial charge in [0.1, 0.15) is 13.2 Å². The van der Waals surface area contributed by atoms with Crippen LogP contribution in [0.5, 0.6) is 0 Å². The largest absolute Gasteiger partial charge is 0.460 e. The Hall–Kier alpha value is -2.62. The van der Waals surface area contributed by atoms with Crippen molar-refractivity contribution in [1.82, 2.24) is 5.32 Å². The van der Waals surface area contributed by atoms with Gasteiger partial charge in [-0.3, -0.25) is 9.59 Å². The lowest BCUT2D eigenvalue weighted by atomic mass is 10.0. The van der Waals surface area contributed by atoms with Gasteiger partial charge in [-0.25, -0.2) is 0 Å². The summed E-state index contributed by atoms with van der Waals surface area (Å²) >= 11 is 0. The van der Waals surface area contributed by atoms with Crippen molar-refractivity contribution in [3.05, 3.63) is 71.3 Å². The number of ether oxygens (including phenoxy) is 1. The Kier molecular flexibility index (Phi) is 6.55. The van der Waals surface area contributed by atoms with Gasteiger partial charge in [0.15, 0.2) is 0 Å². The van der Waals surface area contributed by atoms with Crippen molar-refractivity contribution in [2.45, 2.75) is 26.9 Å². The van der Waals surface area contributed by atoms with Gasteiger partial charge in [-0.2, -0.15) is 0 Å². The molecule has 0 aliphatic rings. The van der Waals surface area contributed by atoms with E-state index < -0.39 is 5.97 Å². The average molecular weight is 325 g/mol. The molecule has 0 fully saturated rings. The van der Waals surface area contributed by atoms with Crippen LogP contribution in [0.1, 0.15) is 35.3 Å². The van der Waals surface area contributed by atoms with Crippen LogP contribution in [0.4, 0.5) is 0 Å². The third kappa shape index (κ3) is 5.88. The Labute approximate surface area is 142 Å². The van der Waals surface area contributed by atoms with Gasteiger partial charge in [0.05, 0.1) is 0 Å². The Bertz CT molecular complexity index is 680. The first kappa shape index (κ1) is 17.7. The van der Waals surface area contributed by atoms with Gasteiger partial charge in [-0.15, -0.1) is 0 Å².